The Morgan fingerprint density at radius 1 is 1.00 bits per heavy atom. The standard InChI is InChI=1S/C12H19N3OS/c1-2-4-15(5-3-1)12-13-11(10-17-12)14-6-8-16-9-7-14/h10H,1-9H2. The summed E-state index contributed by atoms with van der Waals surface area (Å²) in [5, 5.41) is 3.39. The van der Waals surface area contributed by atoms with Crippen LogP contribution in [0, 0.1) is 0 Å². The molecule has 1 aromatic rings. The SMILES string of the molecule is c1sc(N2CCCCC2)nc1N1CCOCC1. The maximum absolute atomic E-state index is 5.37. The average Bonchev–Trinajstić information content (AvgIpc) is 2.90. The Morgan fingerprint density at radius 2 is 1.76 bits per heavy atom. The third-order valence-electron chi connectivity index (χ3n) is 3.44. The molecule has 0 saturated carbocycles. The Labute approximate surface area is 106 Å². The summed E-state index contributed by atoms with van der Waals surface area (Å²) in [4.78, 5) is 9.53. The van der Waals surface area contributed by atoms with E-state index in [0.717, 1.165) is 32.1 Å². The highest BCUT2D eigenvalue weighted by Gasteiger charge is 2.18. The Kier molecular flexibility index (Phi) is 3.47. The van der Waals surface area contributed by atoms with Gasteiger partial charge in [-0.05, 0) is 19.3 Å². The topological polar surface area (TPSA) is 28.6 Å². The summed E-state index contributed by atoms with van der Waals surface area (Å²) in [7, 11) is 0. The van der Waals surface area contributed by atoms with Gasteiger partial charge in [0.25, 0.3) is 0 Å². The van der Waals surface area contributed by atoms with Gasteiger partial charge >= 0.3 is 0 Å². The molecule has 0 radical (unpaired) electrons. The van der Waals surface area contributed by atoms with Gasteiger partial charge in [0.2, 0.25) is 0 Å². The van der Waals surface area contributed by atoms with E-state index in [1.807, 2.05) is 0 Å². The minimum absolute atomic E-state index is 0.830. The molecule has 1 aromatic heterocycles. The van der Waals surface area contributed by atoms with Crippen molar-refractivity contribution in [3.05, 3.63) is 5.38 Å². The fraction of sp³-hybridized carbons (Fsp3) is 0.750. The number of anilines is 2. The monoisotopic (exact) mass is 253 g/mol. The molecule has 0 amide bonds. The molecule has 2 fully saturated rings. The number of nitrogens with zero attached hydrogens (tertiary/aromatic N) is 3. The van der Waals surface area contributed by atoms with Crippen molar-refractivity contribution in [1.29, 1.82) is 0 Å². The lowest BCUT2D eigenvalue weighted by atomic mass is 10.1. The third-order valence-corrected chi connectivity index (χ3v) is 4.33. The molecular formula is C12H19N3OS. The van der Waals surface area contributed by atoms with E-state index < -0.39 is 0 Å². The summed E-state index contributed by atoms with van der Waals surface area (Å²) in [6, 6.07) is 0. The molecule has 0 unspecified atom stereocenters. The molecule has 0 N–H and O–H groups in total. The summed E-state index contributed by atoms with van der Waals surface area (Å²) >= 11 is 1.78. The molecule has 3 heterocycles. The van der Waals surface area contributed by atoms with Crippen LogP contribution in [0.1, 0.15) is 19.3 Å². The van der Waals surface area contributed by atoms with Gasteiger partial charge in [0, 0.05) is 31.6 Å². The number of thiazole rings is 1. The first-order valence-corrected chi connectivity index (χ1v) is 7.34. The van der Waals surface area contributed by atoms with Gasteiger partial charge in [-0.25, -0.2) is 4.98 Å². The summed E-state index contributed by atoms with van der Waals surface area (Å²) in [5.74, 6) is 1.14. The van der Waals surface area contributed by atoms with Crippen molar-refractivity contribution in [3.63, 3.8) is 0 Å². The maximum atomic E-state index is 5.37. The van der Waals surface area contributed by atoms with Crippen LogP contribution in [-0.2, 0) is 4.74 Å². The first-order valence-electron chi connectivity index (χ1n) is 6.47. The minimum Gasteiger partial charge on any atom is -0.378 e. The van der Waals surface area contributed by atoms with Crippen LogP contribution in [0.5, 0.6) is 0 Å². The van der Waals surface area contributed by atoms with Crippen molar-refractivity contribution in [1.82, 2.24) is 4.98 Å². The van der Waals surface area contributed by atoms with Gasteiger partial charge < -0.3 is 14.5 Å². The molecule has 94 valence electrons. The summed E-state index contributed by atoms with van der Waals surface area (Å²) < 4.78 is 5.37. The fourth-order valence-corrected chi connectivity index (χ4v) is 3.31. The van der Waals surface area contributed by atoms with E-state index in [4.69, 9.17) is 9.72 Å². The molecule has 0 bridgehead atoms. The molecule has 0 spiro atoms. The van der Waals surface area contributed by atoms with E-state index in [9.17, 15) is 0 Å². The lowest BCUT2D eigenvalue weighted by Crippen LogP contribution is -2.36. The van der Waals surface area contributed by atoms with Gasteiger partial charge in [-0.3, -0.25) is 0 Å². The second kappa shape index (κ2) is 5.23. The van der Waals surface area contributed by atoms with Gasteiger partial charge in [0.05, 0.1) is 13.2 Å². The molecule has 2 saturated heterocycles. The van der Waals surface area contributed by atoms with Gasteiger partial charge in [0.15, 0.2) is 5.13 Å². The normalized spacial score (nSPS) is 21.9. The smallest absolute Gasteiger partial charge is 0.187 e. The molecule has 2 aliphatic rings. The molecule has 0 atom stereocenters. The Bertz CT molecular complexity index is 324. The van der Waals surface area contributed by atoms with Gasteiger partial charge in [-0.1, -0.05) is 0 Å². The zero-order valence-corrected chi connectivity index (χ0v) is 10.9. The van der Waals surface area contributed by atoms with E-state index in [2.05, 4.69) is 15.2 Å². The number of piperidine rings is 1. The molecule has 5 heteroatoms. The highest BCUT2D eigenvalue weighted by Crippen LogP contribution is 2.28. The molecule has 0 aromatic carbocycles. The molecule has 4 nitrogen and oxygen atoms in total. The van der Waals surface area contributed by atoms with Crippen LogP contribution in [0.3, 0.4) is 0 Å². The lowest BCUT2D eigenvalue weighted by molar-refractivity contribution is 0.122. The Morgan fingerprint density at radius 3 is 2.53 bits per heavy atom. The van der Waals surface area contributed by atoms with Crippen molar-refractivity contribution < 1.29 is 4.74 Å². The van der Waals surface area contributed by atoms with E-state index in [1.165, 1.54) is 37.5 Å². The van der Waals surface area contributed by atoms with E-state index in [-0.39, 0.29) is 0 Å². The average molecular weight is 253 g/mol. The van der Waals surface area contributed by atoms with E-state index in [1.54, 1.807) is 11.3 Å². The number of hydrogen-bond acceptors (Lipinski definition) is 5. The first kappa shape index (κ1) is 11.3. The number of rotatable bonds is 2. The van der Waals surface area contributed by atoms with Crippen LogP contribution in [0.25, 0.3) is 0 Å². The summed E-state index contributed by atoms with van der Waals surface area (Å²) in [5.41, 5.74) is 0. The maximum Gasteiger partial charge on any atom is 0.187 e. The minimum atomic E-state index is 0.830. The summed E-state index contributed by atoms with van der Waals surface area (Å²) in [6.45, 7) is 5.96. The van der Waals surface area contributed by atoms with E-state index >= 15 is 0 Å². The van der Waals surface area contributed by atoms with Crippen LogP contribution in [0.4, 0.5) is 10.9 Å². The Balaban J connectivity index is 1.68. The Hall–Kier alpha value is -0.810. The van der Waals surface area contributed by atoms with Crippen molar-refractivity contribution in [2.75, 3.05) is 49.2 Å². The van der Waals surface area contributed by atoms with Crippen LogP contribution in [0.2, 0.25) is 0 Å². The molecule has 2 aliphatic heterocycles. The molecule has 17 heavy (non-hydrogen) atoms. The van der Waals surface area contributed by atoms with Crippen molar-refractivity contribution in [2.45, 2.75) is 19.3 Å². The van der Waals surface area contributed by atoms with Crippen molar-refractivity contribution >= 4 is 22.3 Å². The number of hydrogen-bond donors (Lipinski definition) is 0. The molecule has 0 aliphatic carbocycles. The van der Waals surface area contributed by atoms with Crippen LogP contribution in [-0.4, -0.2) is 44.4 Å². The zero-order chi connectivity index (χ0) is 11.5. The van der Waals surface area contributed by atoms with Crippen LogP contribution < -0.4 is 9.80 Å². The number of ether oxygens (including phenoxy) is 1. The lowest BCUT2D eigenvalue weighted by Gasteiger charge is -2.28. The predicted octanol–water partition coefficient (Wildman–Crippen LogP) is 1.97. The van der Waals surface area contributed by atoms with Crippen LogP contribution in [0.15, 0.2) is 5.38 Å². The second-order valence-electron chi connectivity index (χ2n) is 4.64. The molecular weight excluding hydrogens is 234 g/mol. The number of aromatic nitrogens is 1. The van der Waals surface area contributed by atoms with Gasteiger partial charge in [-0.2, -0.15) is 0 Å². The fourth-order valence-electron chi connectivity index (χ4n) is 2.42. The second-order valence-corrected chi connectivity index (χ2v) is 5.47. The highest BCUT2D eigenvalue weighted by atomic mass is 32.1. The molecule has 3 rings (SSSR count). The van der Waals surface area contributed by atoms with E-state index in [0.29, 0.717) is 0 Å². The van der Waals surface area contributed by atoms with Gasteiger partial charge in [-0.15, -0.1) is 11.3 Å². The third kappa shape index (κ3) is 2.55. The van der Waals surface area contributed by atoms with Crippen LogP contribution >= 0.6 is 11.3 Å². The van der Waals surface area contributed by atoms with Gasteiger partial charge in [0.1, 0.15) is 5.82 Å². The van der Waals surface area contributed by atoms with Crippen molar-refractivity contribution in [3.8, 4) is 0 Å². The number of morpholine rings is 1. The van der Waals surface area contributed by atoms with Crippen molar-refractivity contribution in [2.24, 2.45) is 0 Å². The predicted molar refractivity (Wildman–Crippen MR) is 71.2 cm³/mol. The quantitative estimate of drug-likeness (QED) is 0.805. The largest absolute Gasteiger partial charge is 0.378 e. The summed E-state index contributed by atoms with van der Waals surface area (Å²) in [6.07, 6.45) is 4.00. The zero-order valence-electron chi connectivity index (χ0n) is 10.1. The highest BCUT2D eigenvalue weighted by molar-refractivity contribution is 7.14. The first-order chi connectivity index (χ1) is 8.43.